The van der Waals surface area contributed by atoms with Crippen molar-refractivity contribution >= 4 is 17.2 Å². The van der Waals surface area contributed by atoms with Crippen molar-refractivity contribution in [1.29, 1.82) is 0 Å². The van der Waals surface area contributed by atoms with E-state index in [9.17, 15) is 5.11 Å². The van der Waals surface area contributed by atoms with Gasteiger partial charge < -0.3 is 20.5 Å². The molecule has 5 heteroatoms. The Morgan fingerprint density at radius 2 is 2.12 bits per heavy atom. The Hall–Kier alpha value is -0.230. The van der Waals surface area contributed by atoms with Crippen LogP contribution in [0.25, 0.3) is 0 Å². The summed E-state index contributed by atoms with van der Waals surface area (Å²) < 4.78 is 5.25. The zero-order chi connectivity index (χ0) is 12.0. The number of thiocarbonyl (C=S) groups is 1. The first-order chi connectivity index (χ1) is 7.52. The third-order valence-electron chi connectivity index (χ3n) is 2.95. The molecule has 0 aromatic carbocycles. The van der Waals surface area contributed by atoms with Crippen LogP contribution in [0.5, 0.6) is 0 Å². The maximum atomic E-state index is 10.3. The lowest BCUT2D eigenvalue weighted by molar-refractivity contribution is -0.0768. The van der Waals surface area contributed by atoms with E-state index < -0.39 is 5.60 Å². The van der Waals surface area contributed by atoms with Crippen LogP contribution in [0.1, 0.15) is 25.7 Å². The van der Waals surface area contributed by atoms with E-state index in [4.69, 9.17) is 22.7 Å². The van der Waals surface area contributed by atoms with Crippen LogP contribution in [0.4, 0.5) is 0 Å². The highest BCUT2D eigenvalue weighted by Crippen LogP contribution is 2.21. The minimum atomic E-state index is -0.573. The average Bonchev–Trinajstić information content (AvgIpc) is 2.17. The van der Waals surface area contributed by atoms with E-state index in [2.05, 4.69) is 4.90 Å². The van der Waals surface area contributed by atoms with Crippen LogP contribution < -0.4 is 5.73 Å². The smallest absolute Gasteiger partial charge is 0.0817 e. The zero-order valence-electron chi connectivity index (χ0n) is 9.95. The van der Waals surface area contributed by atoms with E-state index in [0.29, 0.717) is 24.7 Å². The molecule has 1 aliphatic rings. The number of hydrogen-bond donors (Lipinski definition) is 2. The first-order valence-corrected chi connectivity index (χ1v) is 6.20. The minimum absolute atomic E-state index is 0.568. The normalized spacial score (nSPS) is 19.9. The maximum absolute atomic E-state index is 10.3. The van der Waals surface area contributed by atoms with Crippen LogP contribution in [0.3, 0.4) is 0 Å². The van der Waals surface area contributed by atoms with Gasteiger partial charge in [0, 0.05) is 32.6 Å². The number of nitrogens with zero attached hydrogens (tertiary/aromatic N) is 1. The molecular weight excluding hydrogens is 224 g/mol. The van der Waals surface area contributed by atoms with Gasteiger partial charge in [-0.3, -0.25) is 0 Å². The molecule has 16 heavy (non-hydrogen) atoms. The monoisotopic (exact) mass is 246 g/mol. The Kier molecular flexibility index (Phi) is 5.61. The Labute approximate surface area is 103 Å². The standard InChI is InChI=1S/C11H22N2O2S/c1-13(6-2-3-10(12)16)9-11(14)4-7-15-8-5-11/h14H,2-9H2,1H3,(H2,12,16). The van der Waals surface area contributed by atoms with Crippen LogP contribution in [0, 0.1) is 0 Å². The number of hydrogen-bond acceptors (Lipinski definition) is 4. The minimum Gasteiger partial charge on any atom is -0.393 e. The van der Waals surface area contributed by atoms with Gasteiger partial charge in [-0.1, -0.05) is 12.2 Å². The quantitative estimate of drug-likeness (QED) is 0.669. The summed E-state index contributed by atoms with van der Waals surface area (Å²) in [6.45, 7) is 2.95. The summed E-state index contributed by atoms with van der Waals surface area (Å²) in [7, 11) is 2.02. The molecule has 0 aromatic heterocycles. The molecule has 1 fully saturated rings. The molecule has 0 bridgehead atoms. The summed E-state index contributed by atoms with van der Waals surface area (Å²) in [5, 5.41) is 10.3. The number of nitrogens with two attached hydrogens (primary N) is 1. The topological polar surface area (TPSA) is 58.7 Å². The van der Waals surface area contributed by atoms with Gasteiger partial charge in [-0.05, 0) is 26.4 Å². The first-order valence-electron chi connectivity index (χ1n) is 5.79. The van der Waals surface area contributed by atoms with E-state index in [-0.39, 0.29) is 0 Å². The van der Waals surface area contributed by atoms with Crippen molar-refractivity contribution in [2.45, 2.75) is 31.3 Å². The molecule has 0 aliphatic carbocycles. The summed E-state index contributed by atoms with van der Waals surface area (Å²) in [6, 6.07) is 0. The lowest BCUT2D eigenvalue weighted by Gasteiger charge is -2.35. The Morgan fingerprint density at radius 1 is 1.50 bits per heavy atom. The number of rotatable bonds is 6. The van der Waals surface area contributed by atoms with Crippen LogP contribution >= 0.6 is 12.2 Å². The predicted molar refractivity (Wildman–Crippen MR) is 68.5 cm³/mol. The Bertz CT molecular complexity index is 230. The molecule has 1 aliphatic heterocycles. The first kappa shape index (κ1) is 13.8. The van der Waals surface area contributed by atoms with Gasteiger partial charge in [-0.15, -0.1) is 0 Å². The molecule has 1 heterocycles. The van der Waals surface area contributed by atoms with Crippen LogP contribution in [0.15, 0.2) is 0 Å². The fourth-order valence-electron chi connectivity index (χ4n) is 2.01. The lowest BCUT2D eigenvalue weighted by Crippen LogP contribution is -2.45. The van der Waals surface area contributed by atoms with Gasteiger partial charge in [0.2, 0.25) is 0 Å². The molecule has 0 spiro atoms. The van der Waals surface area contributed by atoms with Crippen molar-refractivity contribution in [3.8, 4) is 0 Å². The fourth-order valence-corrected chi connectivity index (χ4v) is 2.16. The van der Waals surface area contributed by atoms with Gasteiger partial charge in [0.1, 0.15) is 0 Å². The van der Waals surface area contributed by atoms with Crippen molar-refractivity contribution in [2.24, 2.45) is 5.73 Å². The number of ether oxygens (including phenoxy) is 1. The molecule has 1 saturated heterocycles. The molecule has 0 unspecified atom stereocenters. The molecule has 0 amide bonds. The summed E-state index contributed by atoms with van der Waals surface area (Å²) in [4.78, 5) is 2.71. The largest absolute Gasteiger partial charge is 0.393 e. The molecule has 0 atom stereocenters. The van der Waals surface area contributed by atoms with Crippen molar-refractivity contribution in [3.05, 3.63) is 0 Å². The third-order valence-corrected chi connectivity index (χ3v) is 3.15. The van der Waals surface area contributed by atoms with Gasteiger partial charge in [-0.25, -0.2) is 0 Å². The van der Waals surface area contributed by atoms with Crippen molar-refractivity contribution in [3.63, 3.8) is 0 Å². The van der Waals surface area contributed by atoms with Crippen molar-refractivity contribution in [1.82, 2.24) is 4.90 Å². The van der Waals surface area contributed by atoms with Gasteiger partial charge in [0.25, 0.3) is 0 Å². The second-order valence-corrected chi connectivity index (χ2v) is 5.17. The van der Waals surface area contributed by atoms with E-state index in [1.165, 1.54) is 0 Å². The molecule has 1 rings (SSSR count). The van der Waals surface area contributed by atoms with Gasteiger partial charge in [0.15, 0.2) is 0 Å². The predicted octanol–water partition coefficient (Wildman–Crippen LogP) is 0.526. The van der Waals surface area contributed by atoms with E-state index >= 15 is 0 Å². The number of likely N-dealkylation sites (N-methyl/N-ethyl adjacent to an activating group) is 1. The molecular formula is C11H22N2O2S. The highest BCUT2D eigenvalue weighted by Gasteiger charge is 2.30. The summed E-state index contributed by atoms with van der Waals surface area (Å²) in [5.74, 6) is 0. The second-order valence-electron chi connectivity index (χ2n) is 4.64. The Balaban J connectivity index is 2.21. The lowest BCUT2D eigenvalue weighted by atomic mass is 9.94. The SMILES string of the molecule is CN(CCCC(N)=S)CC1(O)CCOCC1. The fraction of sp³-hybridized carbons (Fsp3) is 0.909. The van der Waals surface area contributed by atoms with Gasteiger partial charge >= 0.3 is 0 Å². The number of aliphatic hydroxyl groups is 1. The highest BCUT2D eigenvalue weighted by molar-refractivity contribution is 7.80. The zero-order valence-corrected chi connectivity index (χ0v) is 10.8. The van der Waals surface area contributed by atoms with Gasteiger partial charge in [0.05, 0.1) is 10.6 Å². The summed E-state index contributed by atoms with van der Waals surface area (Å²) in [5.41, 5.74) is 4.86. The second kappa shape index (κ2) is 6.49. The van der Waals surface area contributed by atoms with Crippen molar-refractivity contribution in [2.75, 3.05) is 33.4 Å². The van der Waals surface area contributed by atoms with E-state index in [0.717, 1.165) is 32.2 Å². The van der Waals surface area contributed by atoms with Gasteiger partial charge in [-0.2, -0.15) is 0 Å². The Morgan fingerprint density at radius 3 is 2.69 bits per heavy atom. The molecule has 0 radical (unpaired) electrons. The van der Waals surface area contributed by atoms with Crippen LogP contribution in [0.2, 0.25) is 0 Å². The highest BCUT2D eigenvalue weighted by atomic mass is 32.1. The maximum Gasteiger partial charge on any atom is 0.0817 e. The summed E-state index contributed by atoms with van der Waals surface area (Å²) >= 11 is 4.82. The average molecular weight is 246 g/mol. The van der Waals surface area contributed by atoms with Crippen LogP contribution in [-0.4, -0.2) is 53.9 Å². The third kappa shape index (κ3) is 5.21. The van der Waals surface area contributed by atoms with Crippen molar-refractivity contribution < 1.29 is 9.84 Å². The van der Waals surface area contributed by atoms with E-state index in [1.54, 1.807) is 0 Å². The van der Waals surface area contributed by atoms with E-state index in [1.807, 2.05) is 7.05 Å². The molecule has 3 N–H and O–H groups in total. The molecule has 4 nitrogen and oxygen atoms in total. The molecule has 0 saturated carbocycles. The summed E-state index contributed by atoms with van der Waals surface area (Å²) in [6.07, 6.45) is 3.19. The molecule has 94 valence electrons. The van der Waals surface area contributed by atoms with Crippen LogP contribution in [-0.2, 0) is 4.74 Å². The molecule has 0 aromatic rings.